The second kappa shape index (κ2) is 4.41. The van der Waals surface area contributed by atoms with Crippen LogP contribution in [0.2, 0.25) is 0 Å². The maximum atomic E-state index is 11.7. The number of aliphatic hydroxyl groups excluding tert-OH is 2. The molecule has 8 heteroatoms. The maximum absolute atomic E-state index is 11.7. The van der Waals surface area contributed by atoms with E-state index in [4.69, 9.17) is 15.3 Å². The smallest absolute Gasteiger partial charge is 0.241 e. The van der Waals surface area contributed by atoms with Crippen LogP contribution in [0.1, 0.15) is 6.42 Å². The average molecular weight is 266 g/mol. The summed E-state index contributed by atoms with van der Waals surface area (Å²) in [4.78, 5) is 17.3. The highest BCUT2D eigenvalue weighted by Gasteiger charge is 2.43. The predicted octanol–water partition coefficient (Wildman–Crippen LogP) is -1.64. The van der Waals surface area contributed by atoms with E-state index >= 15 is 0 Å². The largest absolute Gasteiger partial charge is 0.394 e. The number of carbonyl (C=O) groups is 1. The number of ether oxygens (including phenoxy) is 1. The number of carbonyl (C=O) groups excluding carboxylic acids is 1. The first-order valence-electron chi connectivity index (χ1n) is 5.99. The summed E-state index contributed by atoms with van der Waals surface area (Å²) in [7, 11) is 0. The van der Waals surface area contributed by atoms with Crippen LogP contribution in [0.3, 0.4) is 0 Å². The zero-order valence-electron chi connectivity index (χ0n) is 9.98. The molecular weight excluding hydrogens is 252 g/mol. The van der Waals surface area contributed by atoms with Gasteiger partial charge in [-0.2, -0.15) is 4.99 Å². The molecule has 102 valence electrons. The minimum atomic E-state index is -0.750. The number of aliphatic imine (C=N–C) groups is 1. The van der Waals surface area contributed by atoms with Gasteiger partial charge in [0, 0.05) is 12.6 Å². The number of nitrogens with zero attached hydrogens (tertiary/aromatic N) is 2. The lowest BCUT2D eigenvalue weighted by molar-refractivity contribution is -0.120. The molecule has 19 heavy (non-hydrogen) atoms. The van der Waals surface area contributed by atoms with Crippen molar-refractivity contribution in [2.24, 2.45) is 10.9 Å². The number of fused-ring (bicyclic) bond motifs is 1. The molecule has 0 saturated carbocycles. The number of amides is 1. The van der Waals surface area contributed by atoms with E-state index in [1.807, 2.05) is 0 Å². The van der Waals surface area contributed by atoms with Crippen molar-refractivity contribution in [3.05, 3.63) is 12.3 Å². The Morgan fingerprint density at radius 3 is 3.11 bits per heavy atom. The van der Waals surface area contributed by atoms with Crippen molar-refractivity contribution in [2.45, 2.75) is 24.9 Å². The van der Waals surface area contributed by atoms with Crippen LogP contribution in [0, 0.1) is 11.3 Å². The number of nitrogens with one attached hydrogen (secondary N) is 2. The molecule has 0 radical (unpaired) electrons. The van der Waals surface area contributed by atoms with E-state index in [2.05, 4.69) is 10.3 Å². The van der Waals surface area contributed by atoms with Crippen LogP contribution in [0.5, 0.6) is 0 Å². The van der Waals surface area contributed by atoms with Gasteiger partial charge in [-0.15, -0.1) is 0 Å². The molecule has 0 aromatic rings. The van der Waals surface area contributed by atoms with Gasteiger partial charge in [-0.3, -0.25) is 15.5 Å². The van der Waals surface area contributed by atoms with Gasteiger partial charge < -0.3 is 19.8 Å². The first-order valence-corrected chi connectivity index (χ1v) is 5.99. The maximum Gasteiger partial charge on any atom is 0.241 e. The molecule has 0 spiro atoms. The average Bonchev–Trinajstić information content (AvgIpc) is 2.92. The standard InChI is InChI=1S/C11H14N4O4/c12-11-13-9-5(10(18)14-11)1-2-15(9)8-3-6(17)7(4-16)19-8/h1-2,5-8,16-17H,3-4H2,(H2,12,14,18). The van der Waals surface area contributed by atoms with Crippen molar-refractivity contribution < 1.29 is 19.7 Å². The molecule has 4 unspecified atom stereocenters. The highest BCUT2D eigenvalue weighted by atomic mass is 16.5. The van der Waals surface area contributed by atoms with Crippen LogP contribution in [0.25, 0.3) is 0 Å². The van der Waals surface area contributed by atoms with Crippen LogP contribution < -0.4 is 5.32 Å². The van der Waals surface area contributed by atoms with Crippen molar-refractivity contribution in [3.63, 3.8) is 0 Å². The predicted molar refractivity (Wildman–Crippen MR) is 64.1 cm³/mol. The molecule has 0 aliphatic carbocycles. The molecule has 3 rings (SSSR count). The van der Waals surface area contributed by atoms with Crippen molar-refractivity contribution in [3.8, 4) is 0 Å². The highest BCUT2D eigenvalue weighted by Crippen LogP contribution is 2.29. The topological polar surface area (TPSA) is 118 Å². The fourth-order valence-corrected chi connectivity index (χ4v) is 2.46. The second-order valence-corrected chi connectivity index (χ2v) is 4.65. The zero-order chi connectivity index (χ0) is 13.6. The molecule has 0 aromatic heterocycles. The third kappa shape index (κ3) is 1.93. The first kappa shape index (κ1) is 12.3. The Balaban J connectivity index is 1.82. The molecule has 3 aliphatic heterocycles. The van der Waals surface area contributed by atoms with Gasteiger partial charge in [0.1, 0.15) is 24.1 Å². The molecular formula is C11H14N4O4. The van der Waals surface area contributed by atoms with E-state index in [0.717, 1.165) is 0 Å². The quantitative estimate of drug-likeness (QED) is 0.478. The Labute approximate surface area is 108 Å². The minimum absolute atomic E-state index is 0.206. The molecule has 4 atom stereocenters. The number of aliphatic hydroxyl groups is 2. The Kier molecular flexibility index (Phi) is 2.85. The van der Waals surface area contributed by atoms with E-state index in [1.165, 1.54) is 0 Å². The summed E-state index contributed by atoms with van der Waals surface area (Å²) in [6.07, 6.45) is 1.79. The molecule has 4 N–H and O–H groups in total. The summed E-state index contributed by atoms with van der Waals surface area (Å²) >= 11 is 0. The van der Waals surface area contributed by atoms with Gasteiger partial charge in [-0.25, -0.2) is 0 Å². The number of hydrogen-bond acceptors (Lipinski definition) is 6. The first-order chi connectivity index (χ1) is 9.10. The molecule has 0 bridgehead atoms. The van der Waals surface area contributed by atoms with Crippen LogP contribution in [-0.4, -0.2) is 57.9 Å². The van der Waals surface area contributed by atoms with Crippen LogP contribution in [0.4, 0.5) is 0 Å². The van der Waals surface area contributed by atoms with Crippen molar-refractivity contribution >= 4 is 17.7 Å². The molecule has 1 fully saturated rings. The van der Waals surface area contributed by atoms with Gasteiger partial charge in [-0.1, -0.05) is 0 Å². The lowest BCUT2D eigenvalue weighted by Crippen LogP contribution is -2.47. The monoisotopic (exact) mass is 266 g/mol. The molecule has 1 saturated heterocycles. The van der Waals surface area contributed by atoms with Crippen molar-refractivity contribution in [1.29, 1.82) is 5.41 Å². The lowest BCUT2D eigenvalue weighted by atomic mass is 10.1. The van der Waals surface area contributed by atoms with Gasteiger partial charge in [0.05, 0.1) is 12.7 Å². The van der Waals surface area contributed by atoms with E-state index in [9.17, 15) is 9.90 Å². The summed E-state index contributed by atoms with van der Waals surface area (Å²) in [6.45, 7) is -0.262. The SMILES string of the molecule is N=C1N=C2C(C=CN2C2CC(O)C(CO)O2)C(=O)N1. The lowest BCUT2D eigenvalue weighted by Gasteiger charge is -2.28. The van der Waals surface area contributed by atoms with Crippen LogP contribution in [0.15, 0.2) is 17.3 Å². The molecule has 3 heterocycles. The van der Waals surface area contributed by atoms with Gasteiger partial charge in [-0.05, 0) is 6.08 Å². The number of hydrogen-bond donors (Lipinski definition) is 4. The number of amidine groups is 1. The van der Waals surface area contributed by atoms with Crippen LogP contribution in [-0.2, 0) is 9.53 Å². The van der Waals surface area contributed by atoms with E-state index in [0.29, 0.717) is 12.3 Å². The zero-order valence-corrected chi connectivity index (χ0v) is 9.98. The fraction of sp³-hybridized carbons (Fsp3) is 0.545. The Morgan fingerprint density at radius 1 is 1.63 bits per heavy atom. The third-order valence-corrected chi connectivity index (χ3v) is 3.43. The summed E-state index contributed by atoms with van der Waals surface area (Å²) in [5.74, 6) is -0.610. The molecule has 3 aliphatic rings. The van der Waals surface area contributed by atoms with Crippen molar-refractivity contribution in [1.82, 2.24) is 10.2 Å². The fourth-order valence-electron chi connectivity index (χ4n) is 2.46. The molecule has 1 amide bonds. The van der Waals surface area contributed by atoms with E-state index in [-0.39, 0.29) is 18.5 Å². The number of guanidine groups is 1. The third-order valence-electron chi connectivity index (χ3n) is 3.43. The van der Waals surface area contributed by atoms with E-state index < -0.39 is 24.4 Å². The van der Waals surface area contributed by atoms with Crippen LogP contribution >= 0.6 is 0 Å². The Morgan fingerprint density at radius 2 is 2.42 bits per heavy atom. The second-order valence-electron chi connectivity index (χ2n) is 4.65. The summed E-state index contributed by atoms with van der Waals surface area (Å²) in [5.41, 5.74) is 0. The van der Waals surface area contributed by atoms with Gasteiger partial charge in [0.25, 0.3) is 0 Å². The molecule has 8 nitrogen and oxygen atoms in total. The van der Waals surface area contributed by atoms with Gasteiger partial charge in [0.15, 0.2) is 0 Å². The molecule has 0 aromatic carbocycles. The summed E-state index contributed by atoms with van der Waals surface area (Å²) < 4.78 is 5.52. The minimum Gasteiger partial charge on any atom is -0.394 e. The summed E-state index contributed by atoms with van der Waals surface area (Å²) in [6, 6.07) is 0. The Bertz CT molecular complexity index is 489. The Hall–Kier alpha value is -1.77. The number of rotatable bonds is 2. The highest BCUT2D eigenvalue weighted by molar-refractivity contribution is 6.18. The van der Waals surface area contributed by atoms with E-state index in [1.54, 1.807) is 17.2 Å². The van der Waals surface area contributed by atoms with Crippen molar-refractivity contribution in [2.75, 3.05) is 6.61 Å². The normalized spacial score (nSPS) is 37.4. The van der Waals surface area contributed by atoms with Gasteiger partial charge in [0.2, 0.25) is 11.9 Å². The summed E-state index contributed by atoms with van der Waals surface area (Å²) in [5, 5.41) is 28.6. The van der Waals surface area contributed by atoms with Gasteiger partial charge >= 0.3 is 0 Å².